The van der Waals surface area contributed by atoms with E-state index < -0.39 is 29.4 Å². The van der Waals surface area contributed by atoms with Gasteiger partial charge in [0.15, 0.2) is 5.96 Å². The Bertz CT molecular complexity index is 1130. The Kier molecular flexibility index (Phi) is 12.1. The molecule has 0 bridgehead atoms. The molecule has 0 spiro atoms. The SMILES string of the molecule is C=C(/C=C\C=C/C)[C@@]1(CC(C)C)NC(=N)N(CCC[C@H](C)NC(=O)[C@H](Cc2ccc(F)cc2)NC(=O)OC)C1=O. The predicted molar refractivity (Wildman–Crippen MR) is 154 cm³/mol. The summed E-state index contributed by atoms with van der Waals surface area (Å²) in [5, 5.41) is 17.0. The van der Waals surface area contributed by atoms with Crippen LogP contribution in [-0.2, 0) is 20.7 Å². The van der Waals surface area contributed by atoms with Crippen LogP contribution in [0.2, 0.25) is 0 Å². The summed E-state index contributed by atoms with van der Waals surface area (Å²) in [7, 11) is 1.21. The lowest BCUT2D eigenvalue weighted by molar-refractivity contribution is -0.130. The number of hydrogen-bond acceptors (Lipinski definition) is 5. The maximum Gasteiger partial charge on any atom is 0.407 e. The molecular formula is C30H42FN5O4. The molecular weight excluding hydrogens is 513 g/mol. The predicted octanol–water partition coefficient (Wildman–Crippen LogP) is 4.22. The number of nitrogens with one attached hydrogen (secondary N) is 4. The summed E-state index contributed by atoms with van der Waals surface area (Å²) in [5.74, 6) is -0.791. The highest BCUT2D eigenvalue weighted by Gasteiger charge is 2.50. The second-order valence-electron chi connectivity index (χ2n) is 10.4. The highest BCUT2D eigenvalue weighted by atomic mass is 19.1. The summed E-state index contributed by atoms with van der Waals surface area (Å²) in [5.41, 5.74) is 0.203. The molecule has 1 aromatic rings. The molecule has 1 aliphatic rings. The molecule has 1 heterocycles. The quantitative estimate of drug-likeness (QED) is 0.256. The van der Waals surface area contributed by atoms with Gasteiger partial charge in [0.05, 0.1) is 7.11 Å². The zero-order valence-electron chi connectivity index (χ0n) is 24.1. The van der Waals surface area contributed by atoms with Gasteiger partial charge < -0.3 is 20.7 Å². The van der Waals surface area contributed by atoms with Gasteiger partial charge in [-0.2, -0.15) is 0 Å². The molecule has 3 atom stereocenters. The van der Waals surface area contributed by atoms with Crippen molar-refractivity contribution < 1.29 is 23.5 Å². The van der Waals surface area contributed by atoms with Crippen molar-refractivity contribution in [2.24, 2.45) is 5.92 Å². The van der Waals surface area contributed by atoms with E-state index >= 15 is 0 Å². The van der Waals surface area contributed by atoms with Gasteiger partial charge in [-0.05, 0) is 62.3 Å². The standard InChI is InChI=1S/C30H42FN5O4/c1-7-8-9-11-21(4)30(19-20(2)3)27(38)36(28(32)35-30)17-10-12-22(5)33-26(37)25(34-29(39)40-6)18-23-13-15-24(31)16-14-23/h7-9,11,13-16,20,22,25H,4,10,12,17-19H2,1-3,5-6H3,(H2,32,35)(H,33,37)(H,34,39)/b8-7-,11-9-/t22-,25-,30+/m0/s1. The van der Waals surface area contributed by atoms with E-state index in [1.165, 1.54) is 24.1 Å². The van der Waals surface area contributed by atoms with E-state index in [4.69, 9.17) is 5.41 Å². The number of alkyl carbamates (subject to hydrolysis) is 1. The lowest BCUT2D eigenvalue weighted by atomic mass is 9.82. The van der Waals surface area contributed by atoms with Crippen LogP contribution in [0.1, 0.15) is 52.5 Å². The van der Waals surface area contributed by atoms with Gasteiger partial charge in [0, 0.05) is 19.0 Å². The zero-order chi connectivity index (χ0) is 29.9. The zero-order valence-corrected chi connectivity index (χ0v) is 24.1. The number of carbonyl (C=O) groups excluding carboxylic acids is 3. The molecule has 0 aromatic heterocycles. The smallest absolute Gasteiger partial charge is 0.407 e. The van der Waals surface area contributed by atoms with Gasteiger partial charge in [-0.15, -0.1) is 0 Å². The van der Waals surface area contributed by atoms with Gasteiger partial charge in [0.25, 0.3) is 5.91 Å². The van der Waals surface area contributed by atoms with Crippen molar-refractivity contribution in [3.8, 4) is 0 Å². The Labute approximate surface area is 236 Å². The summed E-state index contributed by atoms with van der Waals surface area (Å²) < 4.78 is 17.9. The minimum Gasteiger partial charge on any atom is -0.453 e. The molecule has 10 heteroatoms. The van der Waals surface area contributed by atoms with Gasteiger partial charge in [-0.3, -0.25) is 19.9 Å². The molecule has 4 N–H and O–H groups in total. The average molecular weight is 556 g/mol. The van der Waals surface area contributed by atoms with E-state index in [9.17, 15) is 18.8 Å². The lowest BCUT2D eigenvalue weighted by Gasteiger charge is -2.29. The number of carbonyl (C=O) groups is 3. The molecule has 40 heavy (non-hydrogen) atoms. The van der Waals surface area contributed by atoms with Crippen LogP contribution in [0.4, 0.5) is 9.18 Å². The highest BCUT2D eigenvalue weighted by molar-refractivity contribution is 6.10. The van der Waals surface area contributed by atoms with Crippen LogP contribution in [-0.4, -0.2) is 60.0 Å². The monoisotopic (exact) mass is 555 g/mol. The van der Waals surface area contributed by atoms with Crippen molar-refractivity contribution >= 4 is 23.9 Å². The second-order valence-corrected chi connectivity index (χ2v) is 10.4. The third-order valence-electron chi connectivity index (χ3n) is 6.63. The first-order chi connectivity index (χ1) is 18.9. The van der Waals surface area contributed by atoms with E-state index in [-0.39, 0.29) is 30.2 Å². The molecule has 3 amide bonds. The van der Waals surface area contributed by atoms with Crippen LogP contribution < -0.4 is 16.0 Å². The number of hydrogen-bond donors (Lipinski definition) is 4. The number of allylic oxidation sites excluding steroid dienone is 3. The number of ether oxygens (including phenoxy) is 1. The number of halogens is 1. The molecule has 0 radical (unpaired) electrons. The van der Waals surface area contributed by atoms with Crippen molar-refractivity contribution in [2.75, 3.05) is 13.7 Å². The Morgan fingerprint density at radius 2 is 1.88 bits per heavy atom. The first-order valence-electron chi connectivity index (χ1n) is 13.5. The first-order valence-corrected chi connectivity index (χ1v) is 13.5. The normalized spacial score (nSPS) is 18.7. The van der Waals surface area contributed by atoms with Crippen molar-refractivity contribution in [2.45, 2.75) is 71.0 Å². The topological polar surface area (TPSA) is 124 Å². The molecule has 1 aromatic carbocycles. The third-order valence-corrected chi connectivity index (χ3v) is 6.63. The Morgan fingerprint density at radius 3 is 2.48 bits per heavy atom. The van der Waals surface area contributed by atoms with Crippen molar-refractivity contribution in [3.63, 3.8) is 0 Å². The summed E-state index contributed by atoms with van der Waals surface area (Å²) >= 11 is 0. The third kappa shape index (κ3) is 8.79. The van der Waals surface area contributed by atoms with Crippen LogP contribution in [0.3, 0.4) is 0 Å². The van der Waals surface area contributed by atoms with Crippen molar-refractivity contribution in [1.82, 2.24) is 20.9 Å². The van der Waals surface area contributed by atoms with Crippen LogP contribution in [0.25, 0.3) is 0 Å². The van der Waals surface area contributed by atoms with Crippen LogP contribution in [0.5, 0.6) is 0 Å². The molecule has 2 rings (SSSR count). The fourth-order valence-electron chi connectivity index (χ4n) is 4.63. The number of nitrogens with zero attached hydrogens (tertiary/aromatic N) is 1. The molecule has 0 unspecified atom stereocenters. The minimum atomic E-state index is -1.07. The molecule has 218 valence electrons. The van der Waals surface area contributed by atoms with Crippen LogP contribution >= 0.6 is 0 Å². The number of guanidine groups is 1. The van der Waals surface area contributed by atoms with Gasteiger partial charge in [-0.1, -0.05) is 56.9 Å². The maximum absolute atomic E-state index is 13.6. The first kappa shape index (κ1) is 32.3. The summed E-state index contributed by atoms with van der Waals surface area (Å²) in [6, 6.07) is 4.50. The lowest BCUT2D eigenvalue weighted by Crippen LogP contribution is -2.50. The number of amides is 3. The largest absolute Gasteiger partial charge is 0.453 e. The maximum atomic E-state index is 13.6. The highest BCUT2D eigenvalue weighted by Crippen LogP contribution is 2.32. The van der Waals surface area contributed by atoms with E-state index in [1.807, 2.05) is 45.9 Å². The molecule has 0 saturated carbocycles. The fraction of sp³-hybridized carbons (Fsp3) is 0.467. The second kappa shape index (κ2) is 15.0. The molecule has 9 nitrogen and oxygen atoms in total. The molecule has 1 saturated heterocycles. The van der Waals surface area contributed by atoms with Crippen LogP contribution in [0.15, 0.2) is 60.7 Å². The Balaban J connectivity index is 2.01. The minimum absolute atomic E-state index is 0.0320. The summed E-state index contributed by atoms with van der Waals surface area (Å²) in [6.07, 6.45) is 8.33. The molecule has 0 aliphatic carbocycles. The summed E-state index contributed by atoms with van der Waals surface area (Å²) in [4.78, 5) is 39.8. The van der Waals surface area contributed by atoms with Crippen molar-refractivity contribution in [3.05, 3.63) is 72.1 Å². The molecule has 1 fully saturated rings. The van der Waals surface area contributed by atoms with E-state index in [2.05, 4.69) is 27.3 Å². The van der Waals surface area contributed by atoms with Crippen molar-refractivity contribution in [1.29, 1.82) is 5.41 Å². The van der Waals surface area contributed by atoms with Gasteiger partial charge in [-0.25, -0.2) is 9.18 Å². The van der Waals surface area contributed by atoms with E-state index in [0.29, 0.717) is 36.9 Å². The van der Waals surface area contributed by atoms with Gasteiger partial charge in [0.2, 0.25) is 5.91 Å². The van der Waals surface area contributed by atoms with Crippen LogP contribution in [0, 0.1) is 17.1 Å². The van der Waals surface area contributed by atoms with Gasteiger partial charge >= 0.3 is 6.09 Å². The fourth-order valence-corrected chi connectivity index (χ4v) is 4.63. The number of benzene rings is 1. The number of rotatable bonds is 14. The number of methoxy groups -OCH3 is 1. The summed E-state index contributed by atoms with van der Waals surface area (Å²) in [6.45, 7) is 12.2. The van der Waals surface area contributed by atoms with Gasteiger partial charge in [0.1, 0.15) is 17.4 Å². The Hall–Kier alpha value is -3.95. The van der Waals surface area contributed by atoms with E-state index in [0.717, 1.165) is 0 Å². The Morgan fingerprint density at radius 1 is 1.20 bits per heavy atom. The average Bonchev–Trinajstić information content (AvgIpc) is 3.13. The molecule has 1 aliphatic heterocycles. The van der Waals surface area contributed by atoms with E-state index in [1.54, 1.807) is 18.2 Å².